The molecule has 2 N–H and O–H groups in total. The number of nitrogens with zero attached hydrogens (tertiary/aromatic N) is 2. The SMILES string of the molecule is CCNC(=NCc1ccc(Br)cc1Cl)NCc1nc(C)c(C)o1. The Hall–Kier alpha value is -1.53. The number of benzene rings is 1. The molecule has 0 saturated carbocycles. The predicted molar refractivity (Wildman–Crippen MR) is 96.8 cm³/mol. The summed E-state index contributed by atoms with van der Waals surface area (Å²) in [6, 6.07) is 5.78. The van der Waals surface area contributed by atoms with Crippen LogP contribution in [0.25, 0.3) is 0 Å². The van der Waals surface area contributed by atoms with Gasteiger partial charge in [0.2, 0.25) is 5.89 Å². The van der Waals surface area contributed by atoms with Crippen LogP contribution in [0.2, 0.25) is 5.02 Å². The monoisotopic (exact) mass is 398 g/mol. The zero-order chi connectivity index (χ0) is 16.8. The van der Waals surface area contributed by atoms with Crippen LogP contribution in [0.3, 0.4) is 0 Å². The van der Waals surface area contributed by atoms with E-state index in [1.165, 1.54) is 0 Å². The highest BCUT2D eigenvalue weighted by molar-refractivity contribution is 9.10. The van der Waals surface area contributed by atoms with E-state index in [2.05, 4.69) is 36.5 Å². The molecule has 0 amide bonds. The van der Waals surface area contributed by atoms with Crippen molar-refractivity contribution in [2.75, 3.05) is 6.54 Å². The smallest absolute Gasteiger partial charge is 0.214 e. The molecular weight excluding hydrogens is 380 g/mol. The van der Waals surface area contributed by atoms with Crippen LogP contribution in [0.4, 0.5) is 0 Å². The van der Waals surface area contributed by atoms with Gasteiger partial charge in [-0.3, -0.25) is 0 Å². The van der Waals surface area contributed by atoms with Crippen molar-refractivity contribution in [1.29, 1.82) is 0 Å². The lowest BCUT2D eigenvalue weighted by atomic mass is 10.2. The van der Waals surface area contributed by atoms with E-state index in [1.54, 1.807) is 0 Å². The van der Waals surface area contributed by atoms with Crippen LogP contribution in [0, 0.1) is 13.8 Å². The zero-order valence-corrected chi connectivity index (χ0v) is 15.8. The number of hydrogen-bond acceptors (Lipinski definition) is 3. The summed E-state index contributed by atoms with van der Waals surface area (Å²) in [6.45, 7) is 7.59. The Bertz CT molecular complexity index is 680. The van der Waals surface area contributed by atoms with Gasteiger partial charge >= 0.3 is 0 Å². The summed E-state index contributed by atoms with van der Waals surface area (Å²) in [5.74, 6) is 2.18. The third-order valence-electron chi connectivity index (χ3n) is 3.25. The van der Waals surface area contributed by atoms with Gasteiger partial charge in [0, 0.05) is 16.0 Å². The molecular formula is C16H20BrClN4O. The molecule has 0 atom stereocenters. The summed E-state index contributed by atoms with van der Waals surface area (Å²) in [7, 11) is 0. The highest BCUT2D eigenvalue weighted by Crippen LogP contribution is 2.21. The van der Waals surface area contributed by atoms with E-state index in [0.717, 1.165) is 28.0 Å². The van der Waals surface area contributed by atoms with Gasteiger partial charge in [-0.1, -0.05) is 33.6 Å². The maximum absolute atomic E-state index is 6.22. The molecule has 0 aliphatic rings. The van der Waals surface area contributed by atoms with Crippen LogP contribution in [0.1, 0.15) is 29.8 Å². The summed E-state index contributed by atoms with van der Waals surface area (Å²) < 4.78 is 6.51. The number of hydrogen-bond donors (Lipinski definition) is 2. The quantitative estimate of drug-likeness (QED) is 0.590. The molecule has 0 radical (unpaired) electrons. The molecule has 0 unspecified atom stereocenters. The number of aromatic nitrogens is 1. The summed E-state index contributed by atoms with van der Waals surface area (Å²) >= 11 is 9.62. The average Bonchev–Trinajstić information content (AvgIpc) is 2.82. The van der Waals surface area contributed by atoms with Crippen molar-refractivity contribution in [1.82, 2.24) is 15.6 Å². The van der Waals surface area contributed by atoms with Crippen molar-refractivity contribution in [3.8, 4) is 0 Å². The normalized spacial score (nSPS) is 11.6. The second-order valence-electron chi connectivity index (χ2n) is 5.03. The van der Waals surface area contributed by atoms with E-state index in [1.807, 2.05) is 39.0 Å². The zero-order valence-electron chi connectivity index (χ0n) is 13.4. The van der Waals surface area contributed by atoms with Gasteiger partial charge in [0.05, 0.1) is 18.8 Å². The van der Waals surface area contributed by atoms with Crippen LogP contribution in [-0.4, -0.2) is 17.5 Å². The topological polar surface area (TPSA) is 62.5 Å². The summed E-state index contributed by atoms with van der Waals surface area (Å²) in [5.41, 5.74) is 1.88. The molecule has 1 aromatic carbocycles. The van der Waals surface area contributed by atoms with E-state index >= 15 is 0 Å². The molecule has 124 valence electrons. The number of guanidine groups is 1. The van der Waals surface area contributed by atoms with Gasteiger partial charge in [-0.2, -0.15) is 0 Å². The largest absolute Gasteiger partial charge is 0.444 e. The van der Waals surface area contributed by atoms with Gasteiger partial charge < -0.3 is 15.1 Å². The van der Waals surface area contributed by atoms with Gasteiger partial charge in [0.1, 0.15) is 5.76 Å². The van der Waals surface area contributed by atoms with Crippen LogP contribution >= 0.6 is 27.5 Å². The second-order valence-corrected chi connectivity index (χ2v) is 6.36. The molecule has 2 aromatic rings. The molecule has 0 bridgehead atoms. The molecule has 2 rings (SSSR count). The van der Waals surface area contributed by atoms with Crippen molar-refractivity contribution in [2.24, 2.45) is 4.99 Å². The highest BCUT2D eigenvalue weighted by atomic mass is 79.9. The fourth-order valence-electron chi connectivity index (χ4n) is 1.93. The van der Waals surface area contributed by atoms with Crippen molar-refractivity contribution in [3.63, 3.8) is 0 Å². The number of oxazole rings is 1. The third-order valence-corrected chi connectivity index (χ3v) is 4.09. The van der Waals surface area contributed by atoms with E-state index in [0.29, 0.717) is 30.0 Å². The first-order valence-electron chi connectivity index (χ1n) is 7.38. The molecule has 0 fully saturated rings. The molecule has 1 heterocycles. The molecule has 5 nitrogen and oxygen atoms in total. The second kappa shape index (κ2) is 8.36. The summed E-state index contributed by atoms with van der Waals surface area (Å²) in [6.07, 6.45) is 0. The first kappa shape index (κ1) is 17.8. The van der Waals surface area contributed by atoms with E-state index in [-0.39, 0.29) is 0 Å². The maximum Gasteiger partial charge on any atom is 0.214 e. The lowest BCUT2D eigenvalue weighted by Crippen LogP contribution is -2.36. The fraction of sp³-hybridized carbons (Fsp3) is 0.375. The van der Waals surface area contributed by atoms with Crippen molar-refractivity contribution < 1.29 is 4.42 Å². The minimum atomic E-state index is 0.481. The Balaban J connectivity index is 2.01. The van der Waals surface area contributed by atoms with Crippen LogP contribution < -0.4 is 10.6 Å². The molecule has 7 heteroatoms. The maximum atomic E-state index is 6.22. The van der Waals surface area contributed by atoms with Gasteiger partial charge in [-0.05, 0) is 38.5 Å². The summed E-state index contributed by atoms with van der Waals surface area (Å²) in [4.78, 5) is 8.89. The molecule has 23 heavy (non-hydrogen) atoms. The van der Waals surface area contributed by atoms with E-state index in [4.69, 9.17) is 16.0 Å². The minimum absolute atomic E-state index is 0.481. The Morgan fingerprint density at radius 2 is 2.13 bits per heavy atom. The number of halogens is 2. The molecule has 0 aliphatic heterocycles. The Kier molecular flexibility index (Phi) is 6.47. The number of aliphatic imine (C=N–C) groups is 1. The number of nitrogens with one attached hydrogen (secondary N) is 2. The standard InChI is InChI=1S/C16H20BrClN4O/c1-4-19-16(21-9-15-22-10(2)11(3)23-15)20-8-12-5-6-13(17)7-14(12)18/h5-7H,4,8-9H2,1-3H3,(H2,19,20,21). The number of aryl methyl sites for hydroxylation is 2. The van der Waals surface area contributed by atoms with E-state index in [9.17, 15) is 0 Å². The van der Waals surface area contributed by atoms with Gasteiger partial charge in [0.15, 0.2) is 5.96 Å². The van der Waals surface area contributed by atoms with Crippen LogP contribution in [0.5, 0.6) is 0 Å². The predicted octanol–water partition coefficient (Wildman–Crippen LogP) is 3.96. The third kappa shape index (κ3) is 5.25. The van der Waals surface area contributed by atoms with E-state index < -0.39 is 0 Å². The van der Waals surface area contributed by atoms with Gasteiger partial charge in [0.25, 0.3) is 0 Å². The van der Waals surface area contributed by atoms with Gasteiger partial charge in [-0.15, -0.1) is 0 Å². The molecule has 0 spiro atoms. The first-order valence-corrected chi connectivity index (χ1v) is 8.55. The Morgan fingerprint density at radius 3 is 2.74 bits per heavy atom. The van der Waals surface area contributed by atoms with Crippen molar-refractivity contribution >= 4 is 33.5 Å². The minimum Gasteiger partial charge on any atom is -0.444 e. The lowest BCUT2D eigenvalue weighted by Gasteiger charge is -2.10. The average molecular weight is 400 g/mol. The van der Waals surface area contributed by atoms with Crippen molar-refractivity contribution in [2.45, 2.75) is 33.9 Å². The van der Waals surface area contributed by atoms with Crippen LogP contribution in [0.15, 0.2) is 32.1 Å². The van der Waals surface area contributed by atoms with Crippen molar-refractivity contribution in [3.05, 3.63) is 50.6 Å². The fourth-order valence-corrected chi connectivity index (χ4v) is 2.66. The van der Waals surface area contributed by atoms with Gasteiger partial charge in [-0.25, -0.2) is 9.98 Å². The molecule has 1 aromatic heterocycles. The highest BCUT2D eigenvalue weighted by Gasteiger charge is 2.07. The molecule has 0 saturated heterocycles. The Morgan fingerprint density at radius 1 is 1.35 bits per heavy atom. The molecule has 0 aliphatic carbocycles. The van der Waals surface area contributed by atoms with Crippen LogP contribution in [-0.2, 0) is 13.1 Å². The summed E-state index contributed by atoms with van der Waals surface area (Å²) in [5, 5.41) is 7.09. The first-order chi connectivity index (χ1) is 11.0. The number of rotatable bonds is 5. The Labute approximate surface area is 149 Å². The lowest BCUT2D eigenvalue weighted by molar-refractivity contribution is 0.463.